The monoisotopic (exact) mass is 243 g/mol. The Labute approximate surface area is 103 Å². The number of nitrogens with one attached hydrogen (secondary N) is 1. The molecule has 0 aliphatic heterocycles. The molecule has 0 spiro atoms. The highest BCUT2D eigenvalue weighted by molar-refractivity contribution is 7.15. The van der Waals surface area contributed by atoms with Crippen LogP contribution in [0.3, 0.4) is 0 Å². The number of aryl methyl sites for hydroxylation is 2. The summed E-state index contributed by atoms with van der Waals surface area (Å²) >= 11 is 1.64. The highest BCUT2D eigenvalue weighted by Gasteiger charge is 2.08. The summed E-state index contributed by atoms with van der Waals surface area (Å²) in [6.45, 7) is 4.10. The van der Waals surface area contributed by atoms with Crippen molar-refractivity contribution in [1.82, 2.24) is 9.97 Å². The number of hydrogen-bond acceptors (Lipinski definition) is 3. The van der Waals surface area contributed by atoms with Gasteiger partial charge in [0.05, 0.1) is 0 Å². The third kappa shape index (κ3) is 1.61. The summed E-state index contributed by atoms with van der Waals surface area (Å²) in [7, 11) is 0. The van der Waals surface area contributed by atoms with E-state index in [1.807, 2.05) is 13.1 Å². The lowest BCUT2D eigenvalue weighted by Gasteiger charge is -1.97. The van der Waals surface area contributed by atoms with Crippen LogP contribution in [-0.2, 0) is 0 Å². The zero-order valence-corrected chi connectivity index (χ0v) is 10.6. The van der Waals surface area contributed by atoms with Crippen molar-refractivity contribution in [2.75, 3.05) is 5.73 Å². The van der Waals surface area contributed by atoms with Crippen molar-refractivity contribution < 1.29 is 0 Å². The van der Waals surface area contributed by atoms with E-state index in [0.29, 0.717) is 5.82 Å². The topological polar surface area (TPSA) is 54.7 Å². The first-order chi connectivity index (χ1) is 8.15. The molecule has 0 aliphatic carbocycles. The van der Waals surface area contributed by atoms with Gasteiger partial charge in [0.15, 0.2) is 0 Å². The first kappa shape index (κ1) is 10.4. The molecule has 0 radical (unpaired) electrons. The van der Waals surface area contributed by atoms with E-state index in [0.717, 1.165) is 21.0 Å². The molecule has 0 atom stereocenters. The van der Waals surface area contributed by atoms with E-state index in [1.54, 1.807) is 11.3 Å². The fourth-order valence-corrected chi connectivity index (χ4v) is 2.75. The number of fused-ring (bicyclic) bond motifs is 1. The van der Waals surface area contributed by atoms with E-state index >= 15 is 0 Å². The van der Waals surface area contributed by atoms with Crippen LogP contribution in [0.15, 0.2) is 24.4 Å². The number of aromatic nitrogens is 2. The molecule has 3 aromatic rings. The molecule has 4 heteroatoms. The van der Waals surface area contributed by atoms with Gasteiger partial charge in [-0.05, 0) is 37.6 Å². The lowest BCUT2D eigenvalue weighted by Crippen LogP contribution is -1.86. The van der Waals surface area contributed by atoms with Crippen LogP contribution in [0.25, 0.3) is 21.5 Å². The average Bonchev–Trinajstić information content (AvgIpc) is 2.84. The van der Waals surface area contributed by atoms with Gasteiger partial charge in [-0.2, -0.15) is 0 Å². The molecule has 3 nitrogen and oxygen atoms in total. The van der Waals surface area contributed by atoms with Crippen LogP contribution in [0.4, 0.5) is 5.82 Å². The molecule has 0 saturated heterocycles. The summed E-state index contributed by atoms with van der Waals surface area (Å²) in [6, 6.07) is 6.33. The van der Waals surface area contributed by atoms with Crippen LogP contribution in [0.2, 0.25) is 0 Å². The summed E-state index contributed by atoms with van der Waals surface area (Å²) in [6.07, 6.45) is 2.02. The molecule has 0 fully saturated rings. The molecular weight excluding hydrogens is 230 g/mol. The first-order valence-corrected chi connectivity index (χ1v) is 6.28. The number of hydrogen-bond donors (Lipinski definition) is 2. The smallest absolute Gasteiger partial charge is 0.138 e. The molecule has 2 aromatic heterocycles. The van der Waals surface area contributed by atoms with Crippen LogP contribution >= 0.6 is 11.3 Å². The van der Waals surface area contributed by atoms with Gasteiger partial charge in [0.25, 0.3) is 0 Å². The molecule has 3 rings (SSSR count). The van der Waals surface area contributed by atoms with Crippen LogP contribution in [0, 0.1) is 13.8 Å². The van der Waals surface area contributed by atoms with E-state index in [-0.39, 0.29) is 0 Å². The van der Waals surface area contributed by atoms with Gasteiger partial charge in [-0.15, -0.1) is 11.3 Å². The minimum Gasteiger partial charge on any atom is -0.383 e. The van der Waals surface area contributed by atoms with Gasteiger partial charge >= 0.3 is 0 Å². The van der Waals surface area contributed by atoms with Crippen molar-refractivity contribution in [3.05, 3.63) is 34.8 Å². The van der Waals surface area contributed by atoms with Gasteiger partial charge in [0.1, 0.15) is 10.8 Å². The molecule has 3 N–H and O–H groups in total. The van der Waals surface area contributed by atoms with Gasteiger partial charge in [-0.1, -0.05) is 0 Å². The number of benzene rings is 1. The molecule has 2 heterocycles. The molecule has 0 unspecified atom stereocenters. The zero-order chi connectivity index (χ0) is 12.0. The number of rotatable bonds is 1. The molecule has 0 aliphatic rings. The summed E-state index contributed by atoms with van der Waals surface area (Å²) < 4.78 is 0. The number of nitrogens with zero attached hydrogens (tertiary/aromatic N) is 1. The van der Waals surface area contributed by atoms with Crippen molar-refractivity contribution in [1.29, 1.82) is 0 Å². The highest BCUT2D eigenvalue weighted by Crippen LogP contribution is 2.31. The second kappa shape index (κ2) is 3.60. The van der Waals surface area contributed by atoms with Gasteiger partial charge in [-0.25, -0.2) is 4.98 Å². The number of nitrogens with two attached hydrogens (primary N) is 1. The van der Waals surface area contributed by atoms with Crippen LogP contribution in [-0.4, -0.2) is 9.97 Å². The Kier molecular flexibility index (Phi) is 2.19. The Morgan fingerprint density at radius 1 is 1.29 bits per heavy atom. The van der Waals surface area contributed by atoms with E-state index in [9.17, 15) is 0 Å². The SMILES string of the molecule is Cc1sc(-c2ccc3[nH]cc(C)c3c2)nc1N. The van der Waals surface area contributed by atoms with E-state index in [2.05, 4.69) is 35.1 Å². The first-order valence-electron chi connectivity index (χ1n) is 5.46. The van der Waals surface area contributed by atoms with Crippen molar-refractivity contribution in [3.63, 3.8) is 0 Å². The zero-order valence-electron chi connectivity index (χ0n) is 9.74. The molecule has 86 valence electrons. The Hall–Kier alpha value is -1.81. The van der Waals surface area contributed by atoms with E-state index in [4.69, 9.17) is 5.73 Å². The fraction of sp³-hybridized carbons (Fsp3) is 0.154. The number of H-pyrrole nitrogens is 1. The summed E-state index contributed by atoms with van der Waals surface area (Å²) in [5.74, 6) is 0.635. The Balaban J connectivity index is 2.20. The second-order valence-corrected chi connectivity index (χ2v) is 5.40. The maximum absolute atomic E-state index is 5.79. The summed E-state index contributed by atoms with van der Waals surface area (Å²) in [5, 5.41) is 2.23. The van der Waals surface area contributed by atoms with Gasteiger partial charge in [0, 0.05) is 27.5 Å². The van der Waals surface area contributed by atoms with Crippen LogP contribution < -0.4 is 5.73 Å². The number of nitrogen functional groups attached to an aromatic ring is 1. The normalized spacial score (nSPS) is 11.2. The van der Waals surface area contributed by atoms with Crippen molar-refractivity contribution in [3.8, 4) is 10.6 Å². The van der Waals surface area contributed by atoms with Gasteiger partial charge in [0.2, 0.25) is 0 Å². The number of thiazole rings is 1. The lowest BCUT2D eigenvalue weighted by atomic mass is 10.1. The standard InChI is InChI=1S/C13H13N3S/c1-7-6-15-11-4-3-9(5-10(7)11)13-16-12(14)8(2)17-13/h3-6,15H,14H2,1-2H3. The minimum absolute atomic E-state index is 0.635. The molecule has 17 heavy (non-hydrogen) atoms. The Bertz CT molecular complexity index is 674. The van der Waals surface area contributed by atoms with E-state index in [1.165, 1.54) is 10.9 Å². The number of aromatic amines is 1. The maximum Gasteiger partial charge on any atom is 0.138 e. The quantitative estimate of drug-likeness (QED) is 0.687. The summed E-state index contributed by atoms with van der Waals surface area (Å²) in [5.41, 5.74) is 9.34. The molecule has 0 amide bonds. The largest absolute Gasteiger partial charge is 0.383 e. The van der Waals surface area contributed by atoms with Crippen LogP contribution in [0.1, 0.15) is 10.4 Å². The Morgan fingerprint density at radius 2 is 2.12 bits per heavy atom. The fourth-order valence-electron chi connectivity index (χ4n) is 1.92. The highest BCUT2D eigenvalue weighted by atomic mass is 32.1. The van der Waals surface area contributed by atoms with Crippen molar-refractivity contribution in [2.45, 2.75) is 13.8 Å². The third-order valence-electron chi connectivity index (χ3n) is 2.97. The van der Waals surface area contributed by atoms with Crippen LogP contribution in [0.5, 0.6) is 0 Å². The predicted octanol–water partition coefficient (Wildman–Crippen LogP) is 3.49. The average molecular weight is 243 g/mol. The Morgan fingerprint density at radius 3 is 2.82 bits per heavy atom. The van der Waals surface area contributed by atoms with Gasteiger partial charge in [-0.3, -0.25) is 0 Å². The van der Waals surface area contributed by atoms with E-state index < -0.39 is 0 Å². The molecule has 0 bridgehead atoms. The third-order valence-corrected chi connectivity index (χ3v) is 4.00. The molecule has 1 aromatic carbocycles. The molecule has 0 saturated carbocycles. The summed E-state index contributed by atoms with van der Waals surface area (Å²) in [4.78, 5) is 8.70. The lowest BCUT2D eigenvalue weighted by molar-refractivity contribution is 1.39. The minimum atomic E-state index is 0.635. The maximum atomic E-state index is 5.79. The van der Waals surface area contributed by atoms with Crippen molar-refractivity contribution >= 4 is 28.1 Å². The number of anilines is 1. The van der Waals surface area contributed by atoms with Crippen molar-refractivity contribution in [2.24, 2.45) is 0 Å². The molecular formula is C13H13N3S. The second-order valence-electron chi connectivity index (χ2n) is 4.19. The predicted molar refractivity (Wildman–Crippen MR) is 73.3 cm³/mol. The van der Waals surface area contributed by atoms with Gasteiger partial charge < -0.3 is 10.7 Å².